The van der Waals surface area contributed by atoms with E-state index in [1.54, 1.807) is 12.3 Å². The maximum atomic E-state index is 14.0. The highest BCUT2D eigenvalue weighted by Gasteiger charge is 2.33. The summed E-state index contributed by atoms with van der Waals surface area (Å²) in [7, 11) is 0. The van der Waals surface area contributed by atoms with Crippen molar-refractivity contribution in [2.75, 3.05) is 17.6 Å². The van der Waals surface area contributed by atoms with Crippen LogP contribution >= 0.6 is 0 Å². The summed E-state index contributed by atoms with van der Waals surface area (Å²) in [6, 6.07) is 35.2. The number of fused-ring (bicyclic) bond motifs is 1. The van der Waals surface area contributed by atoms with Crippen molar-refractivity contribution in [3.05, 3.63) is 138 Å². The number of para-hydroxylation sites is 1. The van der Waals surface area contributed by atoms with Crippen LogP contribution in [0.3, 0.4) is 0 Å². The topological polar surface area (TPSA) is 60.2 Å². The van der Waals surface area contributed by atoms with Crippen LogP contribution in [-0.2, 0) is 12.6 Å². The molecule has 0 saturated carbocycles. The van der Waals surface area contributed by atoms with Gasteiger partial charge in [0.15, 0.2) is 5.75 Å². The van der Waals surface area contributed by atoms with Crippen molar-refractivity contribution in [2.24, 2.45) is 0 Å². The molecule has 3 N–H and O–H groups in total. The monoisotopic (exact) mass is 603 g/mol. The first-order valence-electron chi connectivity index (χ1n) is 14.8. The molecular formula is C38H32F3N3O. The Kier molecular flexibility index (Phi) is 8.43. The Morgan fingerprint density at radius 3 is 2.29 bits per heavy atom. The van der Waals surface area contributed by atoms with Crippen LogP contribution in [0, 0.1) is 0 Å². The largest absolute Gasteiger partial charge is 0.455 e. The quantitative estimate of drug-likeness (QED) is 0.161. The summed E-state index contributed by atoms with van der Waals surface area (Å²) in [4.78, 5) is 4.34. The summed E-state index contributed by atoms with van der Waals surface area (Å²) in [5.41, 5.74) is 11.8. The molecule has 4 nitrogen and oxygen atoms in total. The van der Waals surface area contributed by atoms with Crippen molar-refractivity contribution in [1.29, 1.82) is 0 Å². The molecule has 1 aromatic heterocycles. The Morgan fingerprint density at radius 2 is 1.53 bits per heavy atom. The van der Waals surface area contributed by atoms with E-state index in [1.807, 2.05) is 97.1 Å². The lowest BCUT2D eigenvalue weighted by atomic mass is 9.92. The Labute approximate surface area is 260 Å². The molecule has 1 heterocycles. The minimum absolute atomic E-state index is 0.0783. The molecule has 226 valence electrons. The number of benzene rings is 5. The number of alkyl halides is 3. The van der Waals surface area contributed by atoms with E-state index >= 15 is 0 Å². The summed E-state index contributed by atoms with van der Waals surface area (Å²) in [6.45, 7) is 2.86. The van der Waals surface area contributed by atoms with Crippen LogP contribution in [0.1, 0.15) is 30.0 Å². The maximum Gasteiger partial charge on any atom is 0.418 e. The van der Waals surface area contributed by atoms with E-state index in [1.165, 1.54) is 6.07 Å². The number of pyridine rings is 1. The van der Waals surface area contributed by atoms with Crippen molar-refractivity contribution < 1.29 is 17.9 Å². The molecule has 0 spiro atoms. The van der Waals surface area contributed by atoms with Crippen molar-refractivity contribution >= 4 is 22.3 Å². The predicted octanol–water partition coefficient (Wildman–Crippen LogP) is 10.4. The molecule has 0 amide bonds. The number of hydrogen-bond acceptors (Lipinski definition) is 4. The van der Waals surface area contributed by atoms with Gasteiger partial charge in [-0.05, 0) is 88.7 Å². The van der Waals surface area contributed by atoms with E-state index in [-0.39, 0.29) is 5.52 Å². The van der Waals surface area contributed by atoms with Crippen LogP contribution < -0.4 is 15.8 Å². The average Bonchev–Trinajstić information content (AvgIpc) is 3.04. The van der Waals surface area contributed by atoms with Gasteiger partial charge in [0.25, 0.3) is 0 Å². The van der Waals surface area contributed by atoms with E-state index < -0.39 is 11.7 Å². The number of hydrogen-bond donors (Lipinski definition) is 2. The highest BCUT2D eigenvalue weighted by molar-refractivity contribution is 5.98. The highest BCUT2D eigenvalue weighted by atomic mass is 19.4. The molecule has 45 heavy (non-hydrogen) atoms. The lowest BCUT2D eigenvalue weighted by Crippen LogP contribution is -2.07. The number of nitrogen functional groups attached to an aromatic ring is 1. The van der Waals surface area contributed by atoms with E-state index in [0.29, 0.717) is 34.6 Å². The standard InChI is InChI=1S/C38H32F3N3O/c1-2-20-43-34-19-16-27(26-14-17-30(42)18-15-26)23-35(34)45-31-11-6-10-28(22-31)36-29(21-25-8-4-3-5-9-25)24-44-37-32(36)12-7-13-33(37)38(39,40)41/h3-19,22-24,43H,2,20-21,42H2,1H3. The fourth-order valence-electron chi connectivity index (χ4n) is 5.49. The molecule has 0 saturated heterocycles. The van der Waals surface area contributed by atoms with Crippen LogP contribution in [-0.4, -0.2) is 11.5 Å². The van der Waals surface area contributed by atoms with Gasteiger partial charge in [-0.15, -0.1) is 0 Å². The van der Waals surface area contributed by atoms with Crippen molar-refractivity contribution in [2.45, 2.75) is 25.9 Å². The van der Waals surface area contributed by atoms with Crippen LogP contribution in [0.5, 0.6) is 11.5 Å². The van der Waals surface area contributed by atoms with Gasteiger partial charge < -0.3 is 15.8 Å². The maximum absolute atomic E-state index is 14.0. The van der Waals surface area contributed by atoms with E-state index in [9.17, 15) is 13.2 Å². The second-order valence-electron chi connectivity index (χ2n) is 10.9. The van der Waals surface area contributed by atoms with Crippen LogP contribution in [0.25, 0.3) is 33.2 Å². The highest BCUT2D eigenvalue weighted by Crippen LogP contribution is 2.41. The molecule has 0 aliphatic rings. The zero-order valence-electron chi connectivity index (χ0n) is 24.7. The third-order valence-corrected chi connectivity index (χ3v) is 7.66. The Balaban J connectivity index is 1.45. The van der Waals surface area contributed by atoms with E-state index in [2.05, 4.69) is 17.2 Å². The summed E-state index contributed by atoms with van der Waals surface area (Å²) in [5.74, 6) is 1.20. The third-order valence-electron chi connectivity index (χ3n) is 7.66. The minimum atomic E-state index is -4.53. The van der Waals surface area contributed by atoms with Gasteiger partial charge in [0.1, 0.15) is 5.75 Å². The molecule has 7 heteroatoms. The molecule has 5 aromatic carbocycles. The first kappa shape index (κ1) is 29.8. The molecule has 6 rings (SSSR count). The lowest BCUT2D eigenvalue weighted by Gasteiger charge is -2.18. The van der Waals surface area contributed by atoms with E-state index in [0.717, 1.165) is 52.5 Å². The normalized spacial score (nSPS) is 11.5. The lowest BCUT2D eigenvalue weighted by molar-refractivity contribution is -0.136. The number of aromatic nitrogens is 1. The smallest absolute Gasteiger partial charge is 0.418 e. The van der Waals surface area contributed by atoms with E-state index in [4.69, 9.17) is 10.5 Å². The number of ether oxygens (including phenoxy) is 1. The van der Waals surface area contributed by atoms with Gasteiger partial charge in [0, 0.05) is 23.8 Å². The SMILES string of the molecule is CCCNc1ccc(-c2ccc(N)cc2)cc1Oc1cccc(-c2c(Cc3ccccc3)cnc3c(C(F)(F)F)cccc23)c1. The molecule has 0 bridgehead atoms. The van der Waals surface area contributed by atoms with Crippen LogP contribution in [0.15, 0.2) is 121 Å². The summed E-state index contributed by atoms with van der Waals surface area (Å²) in [6.07, 6.45) is -1.52. The summed E-state index contributed by atoms with van der Waals surface area (Å²) >= 11 is 0. The van der Waals surface area contributed by atoms with Gasteiger partial charge in [0.2, 0.25) is 0 Å². The molecule has 0 fully saturated rings. The third kappa shape index (κ3) is 6.63. The number of anilines is 2. The molecule has 6 aromatic rings. The van der Waals surface area contributed by atoms with Crippen LogP contribution in [0.4, 0.5) is 24.5 Å². The molecule has 0 unspecified atom stereocenters. The van der Waals surface area contributed by atoms with Gasteiger partial charge in [-0.1, -0.05) is 79.7 Å². The molecule has 0 aliphatic heterocycles. The van der Waals surface area contributed by atoms with Gasteiger partial charge in [-0.25, -0.2) is 0 Å². The van der Waals surface area contributed by atoms with Crippen molar-refractivity contribution in [3.63, 3.8) is 0 Å². The van der Waals surface area contributed by atoms with Gasteiger partial charge in [-0.3, -0.25) is 4.98 Å². The number of nitrogens with one attached hydrogen (secondary N) is 1. The van der Waals surface area contributed by atoms with Crippen molar-refractivity contribution in [1.82, 2.24) is 4.98 Å². The second kappa shape index (κ2) is 12.7. The second-order valence-corrected chi connectivity index (χ2v) is 10.9. The fraction of sp³-hybridized carbons (Fsp3) is 0.132. The summed E-state index contributed by atoms with van der Waals surface area (Å²) in [5, 5.41) is 3.87. The number of halogens is 3. The number of rotatable bonds is 9. The number of nitrogens with two attached hydrogens (primary N) is 1. The first-order chi connectivity index (χ1) is 21.8. The molecule has 0 atom stereocenters. The van der Waals surface area contributed by atoms with Crippen LogP contribution in [0.2, 0.25) is 0 Å². The van der Waals surface area contributed by atoms with Gasteiger partial charge in [0.05, 0.1) is 16.8 Å². The van der Waals surface area contributed by atoms with Gasteiger partial charge >= 0.3 is 6.18 Å². The Bertz CT molecular complexity index is 1940. The average molecular weight is 604 g/mol. The van der Waals surface area contributed by atoms with Gasteiger partial charge in [-0.2, -0.15) is 13.2 Å². The predicted molar refractivity (Wildman–Crippen MR) is 177 cm³/mol. The van der Waals surface area contributed by atoms with Crippen molar-refractivity contribution in [3.8, 4) is 33.8 Å². The first-order valence-corrected chi connectivity index (χ1v) is 14.8. The zero-order chi connectivity index (χ0) is 31.4. The Hall–Kier alpha value is -5.30. The fourth-order valence-corrected chi connectivity index (χ4v) is 5.49. The molecule has 0 radical (unpaired) electrons. The molecular weight excluding hydrogens is 571 g/mol. The Morgan fingerprint density at radius 1 is 0.778 bits per heavy atom. The summed E-state index contributed by atoms with van der Waals surface area (Å²) < 4.78 is 48.6. The zero-order valence-corrected chi connectivity index (χ0v) is 24.7. The number of nitrogens with zero attached hydrogens (tertiary/aromatic N) is 1. The molecule has 0 aliphatic carbocycles. The minimum Gasteiger partial charge on any atom is -0.455 e.